The highest BCUT2D eigenvalue weighted by atomic mass is 16.5. The van der Waals surface area contributed by atoms with Gasteiger partial charge in [-0.15, -0.1) is 0 Å². The summed E-state index contributed by atoms with van der Waals surface area (Å²) in [5.74, 6) is 0.773. The lowest BCUT2D eigenvalue weighted by Crippen LogP contribution is -2.25. The molecule has 3 rings (SSSR count). The zero-order valence-electron chi connectivity index (χ0n) is 14.9. The van der Waals surface area contributed by atoms with Crippen molar-refractivity contribution in [2.24, 2.45) is 0 Å². The molecule has 0 radical (unpaired) electrons. The number of aromatic amines is 1. The van der Waals surface area contributed by atoms with Gasteiger partial charge in [-0.1, -0.05) is 12.1 Å². The fraction of sp³-hybridized carbons (Fsp3) is 0.421. The van der Waals surface area contributed by atoms with Gasteiger partial charge < -0.3 is 19.7 Å². The molecule has 1 aromatic carbocycles. The maximum absolute atomic E-state index is 12.0. The average molecular weight is 343 g/mol. The molecule has 0 aliphatic carbocycles. The minimum Gasteiger partial charge on any atom is -0.497 e. The topological polar surface area (TPSA) is 68.8 Å². The van der Waals surface area contributed by atoms with Gasteiger partial charge in [-0.25, -0.2) is 0 Å². The summed E-state index contributed by atoms with van der Waals surface area (Å²) in [6.07, 6.45) is 0.339. The van der Waals surface area contributed by atoms with Crippen LogP contribution in [0.5, 0.6) is 5.75 Å². The van der Waals surface area contributed by atoms with Crippen LogP contribution in [0.4, 0.5) is 0 Å². The number of hydrogen-bond donors (Lipinski definition) is 2. The number of carbonyl (C=O) groups excluding carboxylic acids is 1. The van der Waals surface area contributed by atoms with Gasteiger partial charge in [0.25, 0.3) is 5.91 Å². The van der Waals surface area contributed by atoms with E-state index in [0.717, 1.165) is 17.0 Å². The van der Waals surface area contributed by atoms with Crippen molar-refractivity contribution in [2.75, 3.05) is 27.7 Å². The number of methoxy groups -OCH3 is 1. The van der Waals surface area contributed by atoms with Crippen molar-refractivity contribution >= 4 is 5.91 Å². The number of β-amino-alcohol motifs (C(OH)–C–C–N with tert-alkyl or cyclic N) is 1. The Kier molecular flexibility index (Phi) is 5.11. The van der Waals surface area contributed by atoms with Crippen LogP contribution in [0.25, 0.3) is 0 Å². The second kappa shape index (κ2) is 7.29. The van der Waals surface area contributed by atoms with Crippen LogP contribution in [0.1, 0.15) is 34.2 Å². The van der Waals surface area contributed by atoms with Gasteiger partial charge in [0.1, 0.15) is 11.4 Å². The maximum atomic E-state index is 12.0. The van der Waals surface area contributed by atoms with E-state index in [1.54, 1.807) is 26.1 Å². The number of amides is 1. The lowest BCUT2D eigenvalue weighted by atomic mass is 10.0. The molecule has 25 heavy (non-hydrogen) atoms. The van der Waals surface area contributed by atoms with Gasteiger partial charge in [-0.2, -0.15) is 0 Å². The van der Waals surface area contributed by atoms with E-state index in [2.05, 4.69) is 16.0 Å². The first-order valence-electron chi connectivity index (χ1n) is 8.43. The molecule has 0 unspecified atom stereocenters. The number of H-pyrrole nitrogens is 1. The number of hydrogen-bond acceptors (Lipinski definition) is 4. The van der Waals surface area contributed by atoms with E-state index in [0.29, 0.717) is 25.2 Å². The number of likely N-dealkylation sites (tertiary alicyclic amines) is 1. The first-order valence-corrected chi connectivity index (χ1v) is 8.43. The van der Waals surface area contributed by atoms with Gasteiger partial charge in [-0.3, -0.25) is 9.69 Å². The van der Waals surface area contributed by atoms with Crippen LogP contribution in [0.3, 0.4) is 0 Å². The summed E-state index contributed by atoms with van der Waals surface area (Å²) in [6, 6.07) is 11.8. The molecule has 0 saturated carbocycles. The van der Waals surface area contributed by atoms with Crippen molar-refractivity contribution in [1.82, 2.24) is 14.8 Å². The summed E-state index contributed by atoms with van der Waals surface area (Å²) in [6.45, 7) is 1.26. The van der Waals surface area contributed by atoms with Gasteiger partial charge in [0.15, 0.2) is 0 Å². The lowest BCUT2D eigenvalue weighted by molar-refractivity contribution is 0.0822. The van der Waals surface area contributed by atoms with Crippen LogP contribution in [-0.2, 0) is 6.54 Å². The van der Waals surface area contributed by atoms with Gasteiger partial charge in [0.2, 0.25) is 0 Å². The standard InChI is InChI=1S/C19H25N3O3/c1-21(2)19(24)17-8-7-14(20-17)11-22-12-15(23)10-18(22)13-5-4-6-16(9-13)25-3/h4-9,15,18,20,23H,10-12H2,1-3H3/t15-,18+/m0/s1. The molecule has 2 heterocycles. The molecule has 1 aliphatic heterocycles. The third kappa shape index (κ3) is 3.86. The van der Waals surface area contributed by atoms with Crippen LogP contribution in [0.15, 0.2) is 36.4 Å². The van der Waals surface area contributed by atoms with Crippen molar-refractivity contribution in [1.29, 1.82) is 0 Å². The number of carbonyl (C=O) groups is 1. The van der Waals surface area contributed by atoms with E-state index in [-0.39, 0.29) is 18.1 Å². The third-order valence-electron chi connectivity index (χ3n) is 4.62. The number of nitrogens with one attached hydrogen (secondary N) is 1. The molecule has 0 bridgehead atoms. The number of aliphatic hydroxyl groups excluding tert-OH is 1. The molecule has 2 atom stereocenters. The van der Waals surface area contributed by atoms with Gasteiger partial charge >= 0.3 is 0 Å². The normalized spacial score (nSPS) is 20.6. The highest BCUT2D eigenvalue weighted by molar-refractivity contribution is 5.92. The first kappa shape index (κ1) is 17.5. The Morgan fingerprint density at radius 3 is 2.88 bits per heavy atom. The molecule has 0 spiro atoms. The number of rotatable bonds is 5. The molecule has 134 valence electrons. The Labute approximate surface area is 148 Å². The largest absolute Gasteiger partial charge is 0.497 e. The Morgan fingerprint density at radius 1 is 1.36 bits per heavy atom. The average Bonchev–Trinajstić information content (AvgIpc) is 3.21. The number of ether oxygens (including phenoxy) is 1. The number of benzene rings is 1. The highest BCUT2D eigenvalue weighted by Gasteiger charge is 2.32. The Bertz CT molecular complexity index is 741. The predicted octanol–water partition coefficient (Wildman–Crippen LogP) is 2.03. The summed E-state index contributed by atoms with van der Waals surface area (Å²) in [5, 5.41) is 10.2. The molecule has 2 N–H and O–H groups in total. The smallest absolute Gasteiger partial charge is 0.269 e. The third-order valence-corrected chi connectivity index (χ3v) is 4.62. The fourth-order valence-electron chi connectivity index (χ4n) is 3.37. The van der Waals surface area contributed by atoms with Crippen LogP contribution >= 0.6 is 0 Å². The molecule has 1 aliphatic rings. The second-order valence-corrected chi connectivity index (χ2v) is 6.71. The first-order chi connectivity index (χ1) is 12.0. The highest BCUT2D eigenvalue weighted by Crippen LogP contribution is 2.34. The SMILES string of the molecule is COc1cccc([C@H]2C[C@H](O)CN2Cc2ccc(C(=O)N(C)C)[nH]2)c1. The van der Waals surface area contributed by atoms with E-state index >= 15 is 0 Å². The molecule has 1 amide bonds. The van der Waals surface area contributed by atoms with Gasteiger partial charge in [0, 0.05) is 38.9 Å². The predicted molar refractivity (Wildman–Crippen MR) is 95.6 cm³/mol. The molecular formula is C19H25N3O3. The molecular weight excluding hydrogens is 318 g/mol. The molecule has 1 saturated heterocycles. The van der Waals surface area contributed by atoms with Crippen LogP contribution < -0.4 is 4.74 Å². The summed E-state index contributed by atoms with van der Waals surface area (Å²) in [7, 11) is 5.12. The number of aromatic nitrogens is 1. The number of aliphatic hydroxyl groups is 1. The van der Waals surface area contributed by atoms with Crippen molar-refractivity contribution in [2.45, 2.75) is 25.1 Å². The Balaban J connectivity index is 1.77. The zero-order valence-corrected chi connectivity index (χ0v) is 14.9. The summed E-state index contributed by atoms with van der Waals surface area (Å²) >= 11 is 0. The van der Waals surface area contributed by atoms with Crippen molar-refractivity contribution in [3.63, 3.8) is 0 Å². The van der Waals surface area contributed by atoms with Gasteiger partial charge in [0.05, 0.1) is 13.2 Å². The van der Waals surface area contributed by atoms with Gasteiger partial charge in [-0.05, 0) is 36.2 Å². The monoisotopic (exact) mass is 343 g/mol. The Hall–Kier alpha value is -2.31. The van der Waals surface area contributed by atoms with E-state index < -0.39 is 0 Å². The van der Waals surface area contributed by atoms with Crippen molar-refractivity contribution in [3.05, 3.63) is 53.3 Å². The maximum Gasteiger partial charge on any atom is 0.269 e. The zero-order chi connectivity index (χ0) is 18.0. The summed E-state index contributed by atoms with van der Waals surface area (Å²) in [5.41, 5.74) is 2.68. The van der Waals surface area contributed by atoms with Crippen LogP contribution in [0, 0.1) is 0 Å². The van der Waals surface area contributed by atoms with E-state index in [1.165, 1.54) is 0 Å². The van der Waals surface area contributed by atoms with Crippen LogP contribution in [0.2, 0.25) is 0 Å². The molecule has 6 heteroatoms. The fourth-order valence-corrected chi connectivity index (χ4v) is 3.37. The molecule has 1 aromatic heterocycles. The van der Waals surface area contributed by atoms with Crippen molar-refractivity contribution in [3.8, 4) is 5.75 Å². The minimum atomic E-state index is -0.353. The quantitative estimate of drug-likeness (QED) is 0.872. The molecule has 2 aromatic rings. The molecule has 6 nitrogen and oxygen atoms in total. The van der Waals surface area contributed by atoms with Crippen LogP contribution in [-0.4, -0.2) is 59.7 Å². The van der Waals surface area contributed by atoms with Crippen molar-refractivity contribution < 1.29 is 14.6 Å². The van der Waals surface area contributed by atoms with E-state index in [4.69, 9.17) is 4.74 Å². The van der Waals surface area contributed by atoms with E-state index in [9.17, 15) is 9.90 Å². The second-order valence-electron chi connectivity index (χ2n) is 6.71. The van der Waals surface area contributed by atoms with E-state index in [1.807, 2.05) is 30.3 Å². The number of nitrogens with zero attached hydrogens (tertiary/aromatic N) is 2. The summed E-state index contributed by atoms with van der Waals surface area (Å²) < 4.78 is 5.32. The lowest BCUT2D eigenvalue weighted by Gasteiger charge is -2.24. The summed E-state index contributed by atoms with van der Waals surface area (Å²) in [4.78, 5) is 19.0. The Morgan fingerprint density at radius 2 is 2.16 bits per heavy atom. The molecule has 1 fully saturated rings. The minimum absolute atomic E-state index is 0.0444.